The summed E-state index contributed by atoms with van der Waals surface area (Å²) in [4.78, 5) is 24.3. The summed E-state index contributed by atoms with van der Waals surface area (Å²) in [6.07, 6.45) is 7.11. The van der Waals surface area contributed by atoms with Gasteiger partial charge in [-0.2, -0.15) is 0 Å². The van der Waals surface area contributed by atoms with E-state index in [4.69, 9.17) is 4.74 Å². The number of rotatable bonds is 5. The molecular formula is C16H21NO3S. The van der Waals surface area contributed by atoms with Crippen molar-refractivity contribution in [1.29, 1.82) is 0 Å². The normalized spacial score (nSPS) is 14.5. The summed E-state index contributed by atoms with van der Waals surface area (Å²) in [7, 11) is 0. The molecule has 4 nitrogen and oxygen atoms in total. The van der Waals surface area contributed by atoms with E-state index in [2.05, 4.69) is 11.4 Å². The van der Waals surface area contributed by atoms with Gasteiger partial charge in [-0.15, -0.1) is 11.3 Å². The van der Waals surface area contributed by atoms with Gasteiger partial charge in [0.25, 0.3) is 0 Å². The number of aryl methyl sites for hydroxylation is 1. The maximum Gasteiger partial charge on any atom is 0.348 e. The van der Waals surface area contributed by atoms with Crippen LogP contribution in [-0.2, 0) is 9.53 Å². The smallest absolute Gasteiger partial charge is 0.348 e. The van der Waals surface area contributed by atoms with Crippen molar-refractivity contribution in [3.63, 3.8) is 0 Å². The largest absolute Gasteiger partial charge is 0.462 e. The third-order valence-corrected chi connectivity index (χ3v) is 4.55. The zero-order valence-electron chi connectivity index (χ0n) is 12.5. The van der Waals surface area contributed by atoms with Crippen LogP contribution in [0.1, 0.15) is 54.3 Å². The van der Waals surface area contributed by atoms with Crippen LogP contribution in [0, 0.1) is 6.92 Å². The maximum atomic E-state index is 12.0. The van der Waals surface area contributed by atoms with Crippen LogP contribution < -0.4 is 5.32 Å². The minimum Gasteiger partial charge on any atom is -0.462 e. The van der Waals surface area contributed by atoms with Crippen molar-refractivity contribution in [2.45, 2.75) is 46.0 Å². The molecule has 1 amide bonds. The van der Waals surface area contributed by atoms with E-state index in [1.54, 1.807) is 6.92 Å². The first-order chi connectivity index (χ1) is 10.1. The Morgan fingerprint density at radius 3 is 2.86 bits per heavy atom. The molecule has 1 aromatic heterocycles. The number of thiophene rings is 1. The van der Waals surface area contributed by atoms with Crippen LogP contribution in [0.4, 0.5) is 5.00 Å². The van der Waals surface area contributed by atoms with Crippen LogP contribution in [0.2, 0.25) is 0 Å². The van der Waals surface area contributed by atoms with Crippen molar-refractivity contribution >= 4 is 28.2 Å². The van der Waals surface area contributed by atoms with E-state index >= 15 is 0 Å². The Kier molecular flexibility index (Phi) is 5.56. The van der Waals surface area contributed by atoms with Crippen molar-refractivity contribution in [2.75, 3.05) is 11.9 Å². The summed E-state index contributed by atoms with van der Waals surface area (Å²) in [6, 6.07) is 1.82. The predicted octanol–water partition coefficient (Wildman–Crippen LogP) is 4.06. The Balaban J connectivity index is 1.96. The van der Waals surface area contributed by atoms with Crippen LogP contribution in [-0.4, -0.2) is 18.5 Å². The first-order valence-corrected chi connectivity index (χ1v) is 8.17. The lowest BCUT2D eigenvalue weighted by Crippen LogP contribution is -2.12. The van der Waals surface area contributed by atoms with Gasteiger partial charge < -0.3 is 10.1 Å². The van der Waals surface area contributed by atoms with Gasteiger partial charge in [-0.25, -0.2) is 4.79 Å². The van der Waals surface area contributed by atoms with Gasteiger partial charge in [-0.3, -0.25) is 4.79 Å². The molecule has 0 aliphatic heterocycles. The number of anilines is 1. The average Bonchev–Trinajstić information content (AvgIpc) is 2.80. The summed E-state index contributed by atoms with van der Waals surface area (Å²) in [5.41, 5.74) is 2.06. The summed E-state index contributed by atoms with van der Waals surface area (Å²) < 4.78 is 5.00. The lowest BCUT2D eigenvalue weighted by Gasteiger charge is -2.11. The van der Waals surface area contributed by atoms with Gasteiger partial charge in [-0.05, 0) is 51.2 Å². The van der Waals surface area contributed by atoms with Crippen LogP contribution in [0.5, 0.6) is 0 Å². The molecule has 0 spiro atoms. The molecule has 0 radical (unpaired) electrons. The molecule has 1 aliphatic carbocycles. The highest BCUT2D eigenvalue weighted by Crippen LogP contribution is 2.28. The second-order valence-corrected chi connectivity index (χ2v) is 6.23. The quantitative estimate of drug-likeness (QED) is 0.659. The molecule has 0 saturated carbocycles. The van der Waals surface area contributed by atoms with E-state index < -0.39 is 0 Å². The van der Waals surface area contributed by atoms with Gasteiger partial charge in [0.1, 0.15) is 4.88 Å². The molecule has 0 atom stereocenters. The van der Waals surface area contributed by atoms with Crippen LogP contribution in [0.25, 0.3) is 0 Å². The monoisotopic (exact) mass is 307 g/mol. The molecule has 21 heavy (non-hydrogen) atoms. The highest BCUT2D eigenvalue weighted by Gasteiger charge is 2.16. The van der Waals surface area contributed by atoms with Crippen molar-refractivity contribution < 1.29 is 14.3 Å². The zero-order valence-corrected chi connectivity index (χ0v) is 13.3. The zero-order chi connectivity index (χ0) is 15.2. The summed E-state index contributed by atoms with van der Waals surface area (Å²) >= 11 is 1.27. The molecule has 1 heterocycles. The first kappa shape index (κ1) is 15.8. The maximum absolute atomic E-state index is 12.0. The number of carbonyl (C=O) groups excluding carboxylic acids is 2. The van der Waals surface area contributed by atoms with Crippen LogP contribution in [0.15, 0.2) is 17.7 Å². The first-order valence-electron chi connectivity index (χ1n) is 7.35. The predicted molar refractivity (Wildman–Crippen MR) is 84.8 cm³/mol. The highest BCUT2D eigenvalue weighted by atomic mass is 32.1. The van der Waals surface area contributed by atoms with E-state index in [9.17, 15) is 9.59 Å². The van der Waals surface area contributed by atoms with Gasteiger partial charge in [-0.1, -0.05) is 11.6 Å². The van der Waals surface area contributed by atoms with Gasteiger partial charge in [0.15, 0.2) is 0 Å². The molecule has 0 aromatic carbocycles. The fourth-order valence-corrected chi connectivity index (χ4v) is 3.38. The number of nitrogens with one attached hydrogen (secondary N) is 1. The van der Waals surface area contributed by atoms with Crippen molar-refractivity contribution in [1.82, 2.24) is 0 Å². The van der Waals surface area contributed by atoms with Gasteiger partial charge >= 0.3 is 5.97 Å². The van der Waals surface area contributed by atoms with E-state index in [0.717, 1.165) is 18.4 Å². The third kappa shape index (κ3) is 4.43. The molecule has 1 aliphatic rings. The van der Waals surface area contributed by atoms with E-state index in [-0.39, 0.29) is 11.9 Å². The number of allylic oxidation sites excluding steroid dienone is 1. The Hall–Kier alpha value is -1.62. The van der Waals surface area contributed by atoms with E-state index in [1.165, 1.54) is 29.8 Å². The number of esters is 1. The number of amides is 1. The van der Waals surface area contributed by atoms with Gasteiger partial charge in [0.05, 0.1) is 11.6 Å². The van der Waals surface area contributed by atoms with Crippen molar-refractivity contribution in [3.05, 3.63) is 28.2 Å². The highest BCUT2D eigenvalue weighted by molar-refractivity contribution is 7.18. The molecule has 1 N–H and O–H groups in total. The fourth-order valence-electron chi connectivity index (χ4n) is 2.40. The fraction of sp³-hybridized carbons (Fsp3) is 0.500. The van der Waals surface area contributed by atoms with Gasteiger partial charge in [0, 0.05) is 6.42 Å². The van der Waals surface area contributed by atoms with Crippen LogP contribution in [0.3, 0.4) is 0 Å². The van der Waals surface area contributed by atoms with E-state index in [1.807, 2.05) is 13.0 Å². The molecule has 0 unspecified atom stereocenters. The number of hydrogen-bond acceptors (Lipinski definition) is 4. The van der Waals surface area contributed by atoms with Gasteiger partial charge in [0.2, 0.25) is 5.91 Å². The molecule has 2 rings (SSSR count). The Labute approximate surface area is 129 Å². The Morgan fingerprint density at radius 2 is 2.19 bits per heavy atom. The molecule has 0 fully saturated rings. The minimum atomic E-state index is -0.324. The Morgan fingerprint density at radius 1 is 1.38 bits per heavy atom. The lowest BCUT2D eigenvalue weighted by molar-refractivity contribution is -0.115. The molecule has 5 heteroatoms. The minimum absolute atomic E-state index is 0.0141. The SMILES string of the molecule is CCOC(=O)c1sc(NC(=O)CC2=CCCCC2)cc1C. The third-order valence-electron chi connectivity index (χ3n) is 3.41. The molecule has 1 aromatic rings. The molecule has 114 valence electrons. The topological polar surface area (TPSA) is 55.4 Å². The van der Waals surface area contributed by atoms with Crippen LogP contribution >= 0.6 is 11.3 Å². The average molecular weight is 307 g/mol. The number of hydrogen-bond donors (Lipinski definition) is 1. The van der Waals surface area contributed by atoms with Crippen molar-refractivity contribution in [2.24, 2.45) is 0 Å². The molecule has 0 bridgehead atoms. The number of ether oxygens (including phenoxy) is 1. The molecular weight excluding hydrogens is 286 g/mol. The Bertz CT molecular complexity index is 560. The van der Waals surface area contributed by atoms with E-state index in [0.29, 0.717) is 22.9 Å². The summed E-state index contributed by atoms with van der Waals surface area (Å²) in [5, 5.41) is 3.58. The second-order valence-electron chi connectivity index (χ2n) is 5.18. The summed E-state index contributed by atoms with van der Waals surface area (Å²) in [5.74, 6) is -0.338. The summed E-state index contributed by atoms with van der Waals surface area (Å²) in [6.45, 7) is 3.98. The lowest BCUT2D eigenvalue weighted by atomic mass is 9.97. The number of carbonyl (C=O) groups is 2. The second kappa shape index (κ2) is 7.41. The molecule has 0 saturated heterocycles. The van der Waals surface area contributed by atoms with Crippen molar-refractivity contribution in [3.8, 4) is 0 Å². The standard InChI is InChI=1S/C16H21NO3S/c1-3-20-16(19)15-11(2)9-14(21-15)17-13(18)10-12-7-5-4-6-8-12/h7,9H,3-6,8,10H2,1-2H3,(H,17,18).